The zero-order valence-electron chi connectivity index (χ0n) is 22.9. The number of nitrogens with zero attached hydrogens (tertiary/aromatic N) is 6. The number of hydrogen-bond acceptors (Lipinski definition) is 5. The van der Waals surface area contributed by atoms with Gasteiger partial charge in [-0.15, -0.1) is 0 Å². The van der Waals surface area contributed by atoms with Gasteiger partial charge in [0.05, 0.1) is 28.9 Å². The van der Waals surface area contributed by atoms with Gasteiger partial charge in [-0.05, 0) is 49.1 Å². The third-order valence-electron chi connectivity index (χ3n) is 7.00. The molecule has 4 heterocycles. The van der Waals surface area contributed by atoms with E-state index in [1.807, 2.05) is 74.8 Å². The van der Waals surface area contributed by atoms with Crippen molar-refractivity contribution in [2.24, 2.45) is 7.05 Å². The number of fused-ring (bicyclic) bond motifs is 2. The number of para-hydroxylation sites is 1. The monoisotopic (exact) mass is 541 g/mol. The fourth-order valence-electron chi connectivity index (χ4n) is 5.09. The fraction of sp³-hybridized carbons (Fsp3) is 0.156. The number of benzene rings is 2. The van der Waals surface area contributed by atoms with Gasteiger partial charge in [-0.2, -0.15) is 10.2 Å². The molecular weight excluding hydrogens is 514 g/mol. The number of hydrogen-bond donors (Lipinski definition) is 1. The van der Waals surface area contributed by atoms with E-state index in [4.69, 9.17) is 0 Å². The molecule has 1 amide bonds. The van der Waals surface area contributed by atoms with Crippen molar-refractivity contribution in [2.75, 3.05) is 0 Å². The predicted octanol–water partition coefficient (Wildman–Crippen LogP) is 4.36. The molecular formula is C32H27N7O2. The first-order valence-electron chi connectivity index (χ1n) is 13.3. The Bertz CT molecular complexity index is 2040. The third kappa shape index (κ3) is 4.76. The molecule has 0 aliphatic rings. The number of aromatic nitrogens is 6. The van der Waals surface area contributed by atoms with Crippen molar-refractivity contribution >= 4 is 22.3 Å². The lowest BCUT2D eigenvalue weighted by molar-refractivity contribution is 0.0935. The largest absolute Gasteiger partial charge is 0.344 e. The van der Waals surface area contributed by atoms with E-state index in [0.717, 1.165) is 10.9 Å². The number of carbonyl (C=O) groups excluding carboxylic acids is 1. The molecule has 0 aliphatic heterocycles. The Hall–Kier alpha value is -5.49. The predicted molar refractivity (Wildman–Crippen MR) is 157 cm³/mol. The van der Waals surface area contributed by atoms with Gasteiger partial charge in [-0.25, -0.2) is 9.50 Å². The average molecular weight is 542 g/mol. The third-order valence-corrected chi connectivity index (χ3v) is 7.00. The van der Waals surface area contributed by atoms with Crippen molar-refractivity contribution in [3.63, 3.8) is 0 Å². The van der Waals surface area contributed by atoms with E-state index < -0.39 is 6.04 Å². The average Bonchev–Trinajstić information content (AvgIpc) is 3.56. The molecule has 6 rings (SSSR count). The van der Waals surface area contributed by atoms with E-state index in [1.165, 1.54) is 0 Å². The summed E-state index contributed by atoms with van der Waals surface area (Å²) in [6.45, 7) is 3.76. The highest BCUT2D eigenvalue weighted by molar-refractivity contribution is 6.01. The molecule has 0 saturated carbocycles. The second-order valence-electron chi connectivity index (χ2n) is 9.75. The molecule has 0 radical (unpaired) electrons. The molecule has 1 atom stereocenters. The Morgan fingerprint density at radius 2 is 1.90 bits per heavy atom. The van der Waals surface area contributed by atoms with E-state index >= 15 is 0 Å². The zero-order chi connectivity index (χ0) is 28.5. The zero-order valence-corrected chi connectivity index (χ0v) is 22.9. The summed E-state index contributed by atoms with van der Waals surface area (Å²) in [6.07, 6.45) is 7.46. The Labute approximate surface area is 236 Å². The summed E-state index contributed by atoms with van der Waals surface area (Å²) in [5.74, 6) is 5.99. The summed E-state index contributed by atoms with van der Waals surface area (Å²) in [7, 11) is 1.83. The molecule has 0 fully saturated rings. The van der Waals surface area contributed by atoms with E-state index in [0.29, 0.717) is 45.7 Å². The first-order chi connectivity index (χ1) is 19.9. The molecule has 0 spiro atoms. The normalized spacial score (nSPS) is 11.8. The van der Waals surface area contributed by atoms with Crippen molar-refractivity contribution in [1.82, 2.24) is 34.3 Å². The number of rotatable bonds is 5. The van der Waals surface area contributed by atoms with E-state index in [1.54, 1.807) is 45.3 Å². The lowest BCUT2D eigenvalue weighted by Gasteiger charge is -2.23. The highest BCUT2D eigenvalue weighted by Gasteiger charge is 2.24. The minimum absolute atomic E-state index is 0.207. The fourth-order valence-corrected chi connectivity index (χ4v) is 5.09. The van der Waals surface area contributed by atoms with Crippen molar-refractivity contribution < 1.29 is 4.79 Å². The molecule has 6 aromatic rings. The van der Waals surface area contributed by atoms with E-state index in [-0.39, 0.29) is 11.5 Å². The van der Waals surface area contributed by atoms with Crippen molar-refractivity contribution in [1.29, 1.82) is 0 Å². The molecule has 9 nitrogen and oxygen atoms in total. The molecule has 2 aromatic carbocycles. The van der Waals surface area contributed by atoms with Crippen LogP contribution in [0, 0.1) is 18.8 Å². The topological polar surface area (TPSA) is 99.1 Å². The summed E-state index contributed by atoms with van der Waals surface area (Å²) >= 11 is 0. The van der Waals surface area contributed by atoms with Crippen LogP contribution in [-0.2, 0) is 7.05 Å². The van der Waals surface area contributed by atoms with Crippen LogP contribution in [0.1, 0.15) is 52.3 Å². The molecule has 0 aliphatic carbocycles. The quantitative estimate of drug-likeness (QED) is 0.327. The highest BCUT2D eigenvalue weighted by atomic mass is 16.2. The van der Waals surface area contributed by atoms with Crippen LogP contribution in [0.15, 0.2) is 90.2 Å². The summed E-state index contributed by atoms with van der Waals surface area (Å²) < 4.78 is 4.95. The maximum absolute atomic E-state index is 14.3. The second-order valence-corrected chi connectivity index (χ2v) is 9.75. The van der Waals surface area contributed by atoms with E-state index in [2.05, 4.69) is 32.3 Å². The van der Waals surface area contributed by atoms with Crippen molar-refractivity contribution in [3.8, 4) is 17.5 Å². The minimum Gasteiger partial charge on any atom is -0.344 e. The molecule has 1 N–H and O–H groups in total. The van der Waals surface area contributed by atoms with Crippen LogP contribution >= 0.6 is 0 Å². The molecule has 4 aromatic heterocycles. The van der Waals surface area contributed by atoms with Crippen LogP contribution in [0.25, 0.3) is 22.1 Å². The van der Waals surface area contributed by atoms with Crippen molar-refractivity contribution in [3.05, 3.63) is 124 Å². The van der Waals surface area contributed by atoms with Crippen LogP contribution in [0.3, 0.4) is 0 Å². The number of carbonyl (C=O) groups is 1. The Kier molecular flexibility index (Phi) is 6.65. The molecule has 0 bridgehead atoms. The van der Waals surface area contributed by atoms with Crippen LogP contribution in [0.2, 0.25) is 0 Å². The summed E-state index contributed by atoms with van der Waals surface area (Å²) in [5, 5.41) is 13.0. The first-order valence-corrected chi connectivity index (χ1v) is 13.3. The molecule has 0 saturated heterocycles. The lowest BCUT2D eigenvalue weighted by atomic mass is 10.0. The smallest absolute Gasteiger partial charge is 0.264 e. The SMILES string of the molecule is CC[C@@H](NC(=O)c1c(C)nn2cccnc12)c1cc2cccc(C#Cc3cnn(C)c3)c2c(=O)n1-c1ccccc1. The summed E-state index contributed by atoms with van der Waals surface area (Å²) in [5.41, 5.74) is 4.01. The van der Waals surface area contributed by atoms with Gasteiger partial charge in [-0.1, -0.05) is 49.1 Å². The highest BCUT2D eigenvalue weighted by Crippen LogP contribution is 2.26. The molecule has 41 heavy (non-hydrogen) atoms. The Morgan fingerprint density at radius 1 is 1.07 bits per heavy atom. The number of nitrogens with one attached hydrogen (secondary N) is 1. The first kappa shape index (κ1) is 25.8. The molecule has 9 heteroatoms. The van der Waals surface area contributed by atoms with Crippen LogP contribution < -0.4 is 10.9 Å². The number of pyridine rings is 1. The minimum atomic E-state index is -0.469. The van der Waals surface area contributed by atoms with Gasteiger partial charge in [0.2, 0.25) is 0 Å². The number of aryl methyl sites for hydroxylation is 2. The summed E-state index contributed by atoms with van der Waals surface area (Å²) in [6, 6.07) is 18.3. The maximum Gasteiger partial charge on any atom is 0.264 e. The van der Waals surface area contributed by atoms with Crippen molar-refractivity contribution in [2.45, 2.75) is 26.3 Å². The number of amides is 1. The van der Waals surface area contributed by atoms with Gasteiger partial charge < -0.3 is 5.32 Å². The Morgan fingerprint density at radius 3 is 2.66 bits per heavy atom. The van der Waals surface area contributed by atoms with Gasteiger partial charge in [-0.3, -0.25) is 18.8 Å². The molecule has 0 unspecified atom stereocenters. The van der Waals surface area contributed by atoms with Crippen LogP contribution in [-0.4, -0.2) is 34.9 Å². The standard InChI is InChI=1S/C32H27N7O2/c1-4-26(35-31(40)28-21(2)36-38-17-9-16-33-30(28)38)27-18-24-11-8-10-23(15-14-22-19-34-37(3)20-22)29(24)32(41)39(27)25-12-6-5-7-13-25/h5-13,16-20,26H,4H2,1-3H3,(H,35,40)/t26-/m1/s1. The summed E-state index contributed by atoms with van der Waals surface area (Å²) in [4.78, 5) is 32.3. The second kappa shape index (κ2) is 10.6. The van der Waals surface area contributed by atoms with Gasteiger partial charge in [0.25, 0.3) is 11.5 Å². The van der Waals surface area contributed by atoms with Crippen LogP contribution in [0.5, 0.6) is 0 Å². The van der Waals surface area contributed by atoms with Gasteiger partial charge in [0.15, 0.2) is 5.65 Å². The van der Waals surface area contributed by atoms with Crippen LogP contribution in [0.4, 0.5) is 0 Å². The van der Waals surface area contributed by atoms with E-state index in [9.17, 15) is 9.59 Å². The van der Waals surface area contributed by atoms with Gasteiger partial charge in [0.1, 0.15) is 5.56 Å². The van der Waals surface area contributed by atoms with Gasteiger partial charge >= 0.3 is 0 Å². The molecule has 202 valence electrons. The maximum atomic E-state index is 14.3. The Balaban J connectivity index is 1.50. The lowest BCUT2D eigenvalue weighted by Crippen LogP contribution is -2.33. The van der Waals surface area contributed by atoms with Gasteiger partial charge in [0, 0.05) is 42.6 Å².